The molecule has 6 nitrogen and oxygen atoms in total. The SMILES string of the molecule is CC(C)(C)OC(=O)N1CCCCC1CCN(c1ncccn1)C1Cc2ccccc2C1. The van der Waals surface area contributed by atoms with Crippen molar-refractivity contribution in [2.45, 2.75) is 77.0 Å². The predicted molar refractivity (Wildman–Crippen MR) is 122 cm³/mol. The number of carbonyl (C=O) groups is 1. The molecule has 1 aliphatic heterocycles. The third-order valence-electron chi connectivity index (χ3n) is 6.24. The number of hydrogen-bond acceptors (Lipinski definition) is 5. The lowest BCUT2D eigenvalue weighted by molar-refractivity contribution is 0.00908. The first-order chi connectivity index (χ1) is 14.9. The van der Waals surface area contributed by atoms with Crippen LogP contribution in [-0.2, 0) is 17.6 Å². The van der Waals surface area contributed by atoms with Crippen LogP contribution in [0.4, 0.5) is 10.7 Å². The number of nitrogens with zero attached hydrogens (tertiary/aromatic N) is 4. The highest BCUT2D eigenvalue weighted by atomic mass is 16.6. The van der Waals surface area contributed by atoms with Gasteiger partial charge >= 0.3 is 6.09 Å². The van der Waals surface area contributed by atoms with Gasteiger partial charge in [-0.2, -0.15) is 0 Å². The number of rotatable bonds is 5. The maximum Gasteiger partial charge on any atom is 0.410 e. The van der Waals surface area contributed by atoms with Crippen molar-refractivity contribution in [2.24, 2.45) is 0 Å². The maximum absolute atomic E-state index is 12.8. The van der Waals surface area contributed by atoms with E-state index in [2.05, 4.69) is 39.1 Å². The molecule has 1 saturated heterocycles. The minimum atomic E-state index is -0.474. The molecule has 4 rings (SSSR count). The summed E-state index contributed by atoms with van der Waals surface area (Å²) < 4.78 is 5.69. The van der Waals surface area contributed by atoms with Gasteiger partial charge in [0.2, 0.25) is 5.95 Å². The summed E-state index contributed by atoms with van der Waals surface area (Å²) in [6, 6.07) is 11.1. The Morgan fingerprint density at radius 1 is 1.10 bits per heavy atom. The topological polar surface area (TPSA) is 58.6 Å². The number of anilines is 1. The number of fused-ring (bicyclic) bond motifs is 1. The van der Waals surface area contributed by atoms with E-state index in [4.69, 9.17) is 4.74 Å². The Bertz CT molecular complexity index is 856. The molecule has 1 unspecified atom stereocenters. The molecule has 1 amide bonds. The molecule has 31 heavy (non-hydrogen) atoms. The Morgan fingerprint density at radius 2 is 1.77 bits per heavy atom. The van der Waals surface area contributed by atoms with Crippen molar-refractivity contribution >= 4 is 12.0 Å². The van der Waals surface area contributed by atoms with Gasteiger partial charge in [0.1, 0.15) is 5.60 Å². The molecule has 1 aromatic heterocycles. The second-order valence-electron chi connectivity index (χ2n) is 9.68. The Labute approximate surface area is 185 Å². The van der Waals surface area contributed by atoms with Crippen LogP contribution in [0.5, 0.6) is 0 Å². The molecule has 0 radical (unpaired) electrons. The molecule has 6 heteroatoms. The van der Waals surface area contributed by atoms with Crippen LogP contribution in [0.15, 0.2) is 42.7 Å². The minimum absolute atomic E-state index is 0.187. The van der Waals surface area contributed by atoms with Gasteiger partial charge in [0.25, 0.3) is 0 Å². The minimum Gasteiger partial charge on any atom is -0.444 e. The number of aromatic nitrogens is 2. The molecule has 0 bridgehead atoms. The van der Waals surface area contributed by atoms with Crippen LogP contribution in [0, 0.1) is 0 Å². The van der Waals surface area contributed by atoms with E-state index in [-0.39, 0.29) is 12.1 Å². The molecule has 0 N–H and O–H groups in total. The third kappa shape index (κ3) is 5.35. The van der Waals surface area contributed by atoms with Gasteiger partial charge in [0.05, 0.1) is 0 Å². The number of carbonyl (C=O) groups excluding carboxylic acids is 1. The van der Waals surface area contributed by atoms with E-state index in [9.17, 15) is 4.79 Å². The first-order valence-electron chi connectivity index (χ1n) is 11.5. The molecule has 1 atom stereocenters. The summed E-state index contributed by atoms with van der Waals surface area (Å²) in [5.74, 6) is 0.778. The second-order valence-corrected chi connectivity index (χ2v) is 9.68. The molecule has 1 aliphatic carbocycles. The van der Waals surface area contributed by atoms with Crippen LogP contribution in [0.2, 0.25) is 0 Å². The third-order valence-corrected chi connectivity index (χ3v) is 6.24. The lowest BCUT2D eigenvalue weighted by Crippen LogP contribution is -2.48. The number of amides is 1. The monoisotopic (exact) mass is 422 g/mol. The van der Waals surface area contributed by atoms with Crippen LogP contribution in [-0.4, -0.2) is 51.7 Å². The van der Waals surface area contributed by atoms with Crippen LogP contribution in [0.3, 0.4) is 0 Å². The zero-order valence-electron chi connectivity index (χ0n) is 19.0. The lowest BCUT2D eigenvalue weighted by Gasteiger charge is -2.38. The highest BCUT2D eigenvalue weighted by Crippen LogP contribution is 2.29. The van der Waals surface area contributed by atoms with E-state index in [1.807, 2.05) is 44.1 Å². The van der Waals surface area contributed by atoms with Gasteiger partial charge < -0.3 is 14.5 Å². The Hall–Kier alpha value is -2.63. The molecule has 1 aromatic carbocycles. The van der Waals surface area contributed by atoms with Crippen LogP contribution in [0.1, 0.15) is 57.6 Å². The van der Waals surface area contributed by atoms with Gasteiger partial charge in [0, 0.05) is 37.6 Å². The van der Waals surface area contributed by atoms with Crippen molar-refractivity contribution in [3.8, 4) is 0 Å². The number of ether oxygens (including phenoxy) is 1. The zero-order valence-corrected chi connectivity index (χ0v) is 19.0. The van der Waals surface area contributed by atoms with Crippen LogP contribution < -0.4 is 4.90 Å². The van der Waals surface area contributed by atoms with Gasteiger partial charge in [-0.25, -0.2) is 14.8 Å². The number of benzene rings is 1. The largest absolute Gasteiger partial charge is 0.444 e. The average molecular weight is 423 g/mol. The van der Waals surface area contributed by atoms with E-state index in [1.165, 1.54) is 11.1 Å². The average Bonchev–Trinajstić information content (AvgIpc) is 3.17. The lowest BCUT2D eigenvalue weighted by atomic mass is 9.99. The fourth-order valence-corrected chi connectivity index (χ4v) is 4.79. The van der Waals surface area contributed by atoms with E-state index in [1.54, 1.807) is 0 Å². The molecule has 2 aromatic rings. The zero-order chi connectivity index (χ0) is 21.8. The van der Waals surface area contributed by atoms with Crippen molar-refractivity contribution in [3.05, 3.63) is 53.9 Å². The van der Waals surface area contributed by atoms with Crippen molar-refractivity contribution in [1.82, 2.24) is 14.9 Å². The number of piperidine rings is 1. The van der Waals surface area contributed by atoms with E-state index >= 15 is 0 Å². The summed E-state index contributed by atoms with van der Waals surface area (Å²) in [6.45, 7) is 7.38. The molecule has 0 saturated carbocycles. The first kappa shape index (κ1) is 21.6. The molecular weight excluding hydrogens is 388 g/mol. The van der Waals surface area contributed by atoms with Gasteiger partial charge in [-0.1, -0.05) is 24.3 Å². The van der Waals surface area contributed by atoms with E-state index < -0.39 is 5.60 Å². The quantitative estimate of drug-likeness (QED) is 0.703. The molecule has 1 fully saturated rings. The molecule has 2 heterocycles. The summed E-state index contributed by atoms with van der Waals surface area (Å²) >= 11 is 0. The molecule has 2 aliphatic rings. The maximum atomic E-state index is 12.8. The molecule has 0 spiro atoms. The van der Waals surface area contributed by atoms with E-state index in [0.29, 0.717) is 6.04 Å². The summed E-state index contributed by atoms with van der Waals surface area (Å²) in [5.41, 5.74) is 2.36. The highest BCUT2D eigenvalue weighted by molar-refractivity contribution is 5.68. The van der Waals surface area contributed by atoms with Crippen molar-refractivity contribution in [3.63, 3.8) is 0 Å². The van der Waals surface area contributed by atoms with Gasteiger partial charge in [-0.15, -0.1) is 0 Å². The van der Waals surface area contributed by atoms with Crippen molar-refractivity contribution in [1.29, 1.82) is 0 Å². The Balaban J connectivity index is 1.48. The summed E-state index contributed by atoms with van der Waals surface area (Å²) in [5, 5.41) is 0. The van der Waals surface area contributed by atoms with Crippen LogP contribution >= 0.6 is 0 Å². The summed E-state index contributed by atoms with van der Waals surface area (Å²) in [7, 11) is 0. The predicted octanol–water partition coefficient (Wildman–Crippen LogP) is 4.63. The molecular formula is C25H34N4O2. The van der Waals surface area contributed by atoms with Crippen molar-refractivity contribution < 1.29 is 9.53 Å². The first-order valence-corrected chi connectivity index (χ1v) is 11.5. The number of hydrogen-bond donors (Lipinski definition) is 0. The summed E-state index contributed by atoms with van der Waals surface area (Å²) in [6.07, 6.45) is 9.56. The molecule has 166 valence electrons. The second kappa shape index (κ2) is 9.25. The fourth-order valence-electron chi connectivity index (χ4n) is 4.79. The number of likely N-dealkylation sites (tertiary alicyclic amines) is 1. The Morgan fingerprint density at radius 3 is 2.42 bits per heavy atom. The highest BCUT2D eigenvalue weighted by Gasteiger charge is 2.33. The van der Waals surface area contributed by atoms with Gasteiger partial charge in [-0.05, 0) is 76.5 Å². The smallest absolute Gasteiger partial charge is 0.410 e. The summed E-state index contributed by atoms with van der Waals surface area (Å²) in [4.78, 5) is 26.2. The van der Waals surface area contributed by atoms with E-state index in [0.717, 1.165) is 57.6 Å². The van der Waals surface area contributed by atoms with Gasteiger partial charge in [-0.3, -0.25) is 0 Å². The Kier molecular flexibility index (Phi) is 6.44. The standard InChI is InChI=1S/C25H34N4O2/c1-25(2,3)31-24(30)29-15-7-6-11-21(29)12-16-28(23-26-13-8-14-27-23)22-17-19-9-4-5-10-20(19)18-22/h4-5,8-10,13-14,21-22H,6-7,11-12,15-18H2,1-3H3. The van der Waals surface area contributed by atoms with Crippen molar-refractivity contribution in [2.75, 3.05) is 18.0 Å². The van der Waals surface area contributed by atoms with Gasteiger partial charge in [0.15, 0.2) is 0 Å². The normalized spacial score (nSPS) is 19.2. The fraction of sp³-hybridized carbons (Fsp3) is 0.560. The van der Waals surface area contributed by atoms with Crippen LogP contribution in [0.25, 0.3) is 0 Å².